The van der Waals surface area contributed by atoms with Gasteiger partial charge in [0.15, 0.2) is 5.96 Å². The number of aryl methyl sites for hydroxylation is 2. The fourth-order valence-electron chi connectivity index (χ4n) is 3.23. The van der Waals surface area contributed by atoms with Gasteiger partial charge < -0.3 is 15.7 Å². The highest BCUT2D eigenvalue weighted by atomic mass is 127. The third-order valence-corrected chi connectivity index (χ3v) is 5.51. The molecule has 3 rings (SSSR count). The average Bonchev–Trinajstić information content (AvgIpc) is 3.02. The summed E-state index contributed by atoms with van der Waals surface area (Å²) < 4.78 is 0. The highest BCUT2D eigenvalue weighted by Crippen LogP contribution is 2.30. The molecule has 0 saturated carbocycles. The van der Waals surface area contributed by atoms with Gasteiger partial charge in [-0.05, 0) is 61.9 Å². The first-order valence-corrected chi connectivity index (χ1v) is 9.31. The maximum absolute atomic E-state index is 10.3. The number of aliphatic imine (C=N–C) groups is 1. The fourth-order valence-corrected chi connectivity index (χ4v) is 4.06. The molecular formula is C19H26IN3OS. The Bertz CT molecular complexity index is 742. The van der Waals surface area contributed by atoms with E-state index in [1.807, 2.05) is 6.07 Å². The molecule has 1 aliphatic carbocycles. The number of fused-ring (bicyclic) bond motifs is 1. The molecular weight excluding hydrogens is 445 g/mol. The molecule has 1 aliphatic rings. The molecule has 0 spiro atoms. The summed E-state index contributed by atoms with van der Waals surface area (Å²) in [5, 5.41) is 16.9. The lowest BCUT2D eigenvalue weighted by Crippen LogP contribution is -2.36. The number of phenols is 1. The average molecular weight is 471 g/mol. The van der Waals surface area contributed by atoms with Crippen molar-refractivity contribution in [2.75, 3.05) is 7.05 Å². The van der Waals surface area contributed by atoms with E-state index in [9.17, 15) is 5.11 Å². The van der Waals surface area contributed by atoms with Crippen LogP contribution in [0.1, 0.15) is 39.3 Å². The maximum Gasteiger partial charge on any atom is 0.191 e. The van der Waals surface area contributed by atoms with Gasteiger partial charge in [0.05, 0.1) is 6.54 Å². The number of benzene rings is 1. The first-order valence-electron chi connectivity index (χ1n) is 8.50. The molecule has 1 heterocycles. The molecule has 0 aliphatic heterocycles. The third kappa shape index (κ3) is 5.10. The van der Waals surface area contributed by atoms with Crippen molar-refractivity contribution in [2.24, 2.45) is 4.99 Å². The number of nitrogens with one attached hydrogen (secondary N) is 2. The normalized spacial score (nSPS) is 13.8. The molecule has 0 unspecified atom stereocenters. The molecule has 0 fully saturated rings. The molecule has 6 heteroatoms. The Labute approximate surface area is 170 Å². The van der Waals surface area contributed by atoms with E-state index in [4.69, 9.17) is 0 Å². The highest BCUT2D eigenvalue weighted by Gasteiger charge is 2.16. The number of phenolic OH excluding ortho intramolecular Hbond substituents is 1. The summed E-state index contributed by atoms with van der Waals surface area (Å²) in [6.07, 6.45) is 4.62. The van der Waals surface area contributed by atoms with Gasteiger partial charge in [-0.2, -0.15) is 0 Å². The van der Waals surface area contributed by atoms with Crippen LogP contribution < -0.4 is 10.6 Å². The van der Waals surface area contributed by atoms with Crippen LogP contribution in [-0.2, 0) is 25.9 Å². The Hall–Kier alpha value is -1.28. The fraction of sp³-hybridized carbons (Fsp3) is 0.421. The molecule has 3 N–H and O–H groups in total. The first-order chi connectivity index (χ1) is 11.7. The molecule has 1 aromatic heterocycles. The van der Waals surface area contributed by atoms with Gasteiger partial charge in [0.1, 0.15) is 5.75 Å². The second-order valence-corrected chi connectivity index (χ2v) is 7.57. The quantitative estimate of drug-likeness (QED) is 0.357. The van der Waals surface area contributed by atoms with Crippen molar-refractivity contribution in [1.82, 2.24) is 10.6 Å². The number of hydrogen-bond acceptors (Lipinski definition) is 3. The number of guanidine groups is 1. The van der Waals surface area contributed by atoms with E-state index < -0.39 is 0 Å². The second-order valence-electron chi connectivity index (χ2n) is 6.20. The van der Waals surface area contributed by atoms with Crippen LogP contribution in [0.3, 0.4) is 0 Å². The van der Waals surface area contributed by atoms with Crippen molar-refractivity contribution in [3.05, 3.63) is 50.7 Å². The monoisotopic (exact) mass is 471 g/mol. The van der Waals surface area contributed by atoms with Crippen LogP contribution in [0.5, 0.6) is 5.75 Å². The smallest absolute Gasteiger partial charge is 0.191 e. The summed E-state index contributed by atoms with van der Waals surface area (Å²) >= 11 is 1.79. The predicted molar refractivity (Wildman–Crippen MR) is 116 cm³/mol. The van der Waals surface area contributed by atoms with Gasteiger partial charge >= 0.3 is 0 Å². The van der Waals surface area contributed by atoms with Crippen molar-refractivity contribution >= 4 is 41.3 Å². The summed E-state index contributed by atoms with van der Waals surface area (Å²) in [4.78, 5) is 6.89. The largest absolute Gasteiger partial charge is 0.508 e. The minimum absolute atomic E-state index is 0. The van der Waals surface area contributed by atoms with Crippen LogP contribution in [0, 0.1) is 6.92 Å². The first kappa shape index (κ1) is 20.0. The lowest BCUT2D eigenvalue weighted by atomic mass is 9.88. The number of aromatic hydroxyl groups is 1. The Balaban J connectivity index is 0.00000225. The molecule has 2 aromatic rings. The van der Waals surface area contributed by atoms with E-state index in [1.165, 1.54) is 33.7 Å². The van der Waals surface area contributed by atoms with E-state index in [0.29, 0.717) is 12.3 Å². The van der Waals surface area contributed by atoms with Crippen molar-refractivity contribution in [2.45, 2.75) is 45.7 Å². The lowest BCUT2D eigenvalue weighted by molar-refractivity contribution is 0.464. The highest BCUT2D eigenvalue weighted by molar-refractivity contribution is 14.0. The molecule has 136 valence electrons. The van der Waals surface area contributed by atoms with Gasteiger partial charge in [0.2, 0.25) is 0 Å². The Kier molecular flexibility index (Phi) is 7.56. The summed E-state index contributed by atoms with van der Waals surface area (Å²) in [6, 6.07) is 8.16. The number of hydrogen-bond donors (Lipinski definition) is 3. The zero-order valence-electron chi connectivity index (χ0n) is 14.8. The van der Waals surface area contributed by atoms with E-state index in [-0.39, 0.29) is 24.0 Å². The van der Waals surface area contributed by atoms with E-state index in [0.717, 1.165) is 30.9 Å². The van der Waals surface area contributed by atoms with Crippen LogP contribution >= 0.6 is 35.3 Å². The standard InChI is InChI=1S/C19H25N3OS.HI/c1-13-7-9-15(24-13)11-21-19(20-2)22-12-17-16-6-4-3-5-14(16)8-10-18(17)23;/h7-10,23H,3-6,11-12H2,1-2H3,(H2,20,21,22);1H. The number of halogens is 1. The number of nitrogens with zero attached hydrogens (tertiary/aromatic N) is 1. The van der Waals surface area contributed by atoms with E-state index in [2.05, 4.69) is 40.7 Å². The Morgan fingerprint density at radius 3 is 2.60 bits per heavy atom. The SMILES string of the molecule is CN=C(NCc1ccc(C)s1)NCc1c(O)ccc2c1CCCC2.I. The summed E-state index contributed by atoms with van der Waals surface area (Å²) in [6.45, 7) is 3.47. The summed E-state index contributed by atoms with van der Waals surface area (Å²) in [5.41, 5.74) is 3.72. The number of rotatable bonds is 4. The van der Waals surface area contributed by atoms with Crippen molar-refractivity contribution in [1.29, 1.82) is 0 Å². The predicted octanol–water partition coefficient (Wildman–Crippen LogP) is 4.12. The van der Waals surface area contributed by atoms with Gasteiger partial charge in [-0.3, -0.25) is 4.99 Å². The van der Waals surface area contributed by atoms with Gasteiger partial charge in [-0.1, -0.05) is 6.07 Å². The van der Waals surface area contributed by atoms with Gasteiger partial charge in [0.25, 0.3) is 0 Å². The van der Waals surface area contributed by atoms with Crippen molar-refractivity contribution < 1.29 is 5.11 Å². The molecule has 0 amide bonds. The maximum atomic E-state index is 10.3. The minimum Gasteiger partial charge on any atom is -0.508 e. The second kappa shape index (κ2) is 9.43. The summed E-state index contributed by atoms with van der Waals surface area (Å²) in [5.74, 6) is 1.14. The zero-order valence-corrected chi connectivity index (χ0v) is 17.9. The van der Waals surface area contributed by atoms with Crippen LogP contribution in [0.15, 0.2) is 29.3 Å². The molecule has 1 aromatic carbocycles. The molecule has 0 atom stereocenters. The van der Waals surface area contributed by atoms with E-state index >= 15 is 0 Å². The minimum atomic E-state index is 0. The van der Waals surface area contributed by atoms with Crippen LogP contribution in [0.2, 0.25) is 0 Å². The summed E-state index contributed by atoms with van der Waals surface area (Å²) in [7, 11) is 1.77. The molecule has 25 heavy (non-hydrogen) atoms. The van der Waals surface area contributed by atoms with Crippen molar-refractivity contribution in [3.8, 4) is 5.75 Å². The lowest BCUT2D eigenvalue weighted by Gasteiger charge is -2.21. The van der Waals surface area contributed by atoms with Crippen molar-refractivity contribution in [3.63, 3.8) is 0 Å². The molecule has 4 nitrogen and oxygen atoms in total. The third-order valence-electron chi connectivity index (χ3n) is 4.51. The number of thiophene rings is 1. The zero-order chi connectivity index (χ0) is 16.9. The van der Waals surface area contributed by atoms with Gasteiger partial charge in [-0.15, -0.1) is 35.3 Å². The molecule has 0 saturated heterocycles. The van der Waals surface area contributed by atoms with Crippen LogP contribution in [-0.4, -0.2) is 18.1 Å². The molecule has 0 radical (unpaired) electrons. The van der Waals surface area contributed by atoms with Gasteiger partial charge in [0, 0.05) is 28.9 Å². The topological polar surface area (TPSA) is 56.7 Å². The Morgan fingerprint density at radius 2 is 1.88 bits per heavy atom. The Morgan fingerprint density at radius 1 is 1.12 bits per heavy atom. The molecule has 0 bridgehead atoms. The van der Waals surface area contributed by atoms with Gasteiger partial charge in [-0.25, -0.2) is 0 Å². The van der Waals surface area contributed by atoms with Crippen LogP contribution in [0.25, 0.3) is 0 Å². The van der Waals surface area contributed by atoms with Crippen LogP contribution in [0.4, 0.5) is 0 Å². The van der Waals surface area contributed by atoms with E-state index in [1.54, 1.807) is 18.4 Å².